The highest BCUT2D eigenvalue weighted by atomic mass is 16.5. The molecule has 3 aromatic heterocycles. The maximum Gasteiger partial charge on any atom is 0.263 e. The lowest BCUT2D eigenvalue weighted by Crippen LogP contribution is -2.23. The van der Waals surface area contributed by atoms with E-state index < -0.39 is 0 Å². The lowest BCUT2D eigenvalue weighted by Gasteiger charge is -2.20. The minimum Gasteiger partial charge on any atom is -0.493 e. The molecule has 0 N–H and O–H groups in total. The first-order valence-corrected chi connectivity index (χ1v) is 11.1. The van der Waals surface area contributed by atoms with E-state index in [1.165, 1.54) is 5.56 Å². The van der Waals surface area contributed by atoms with E-state index in [9.17, 15) is 4.79 Å². The summed E-state index contributed by atoms with van der Waals surface area (Å²) in [7, 11) is 0. The van der Waals surface area contributed by atoms with Gasteiger partial charge >= 0.3 is 0 Å². The van der Waals surface area contributed by atoms with Crippen molar-refractivity contribution in [3.05, 3.63) is 69.7 Å². The van der Waals surface area contributed by atoms with Crippen LogP contribution in [0.4, 0.5) is 0 Å². The van der Waals surface area contributed by atoms with Gasteiger partial charge in [0.15, 0.2) is 5.65 Å². The van der Waals surface area contributed by atoms with Crippen molar-refractivity contribution >= 4 is 11.0 Å². The van der Waals surface area contributed by atoms with Gasteiger partial charge in [0.05, 0.1) is 24.1 Å². The van der Waals surface area contributed by atoms with E-state index in [0.717, 1.165) is 36.3 Å². The molecule has 4 aromatic rings. The molecule has 0 bridgehead atoms. The molecular formula is C25H26N4O3. The summed E-state index contributed by atoms with van der Waals surface area (Å²) < 4.78 is 13.2. The standard InChI is InChI=1S/C25H26N4O3/c1-4-31-22-8-6-5-7-18(22)24-28-21(16(3)32-24)13-29-14-26-23-19(25(29)30)12-17-11-15(2)9-10-20(17)27-23/h5-8,12,14-15H,4,9-11,13H2,1-3H3/t15-/m1/s1. The Labute approximate surface area is 186 Å². The van der Waals surface area contributed by atoms with E-state index in [1.807, 2.05) is 44.2 Å². The molecule has 3 heterocycles. The van der Waals surface area contributed by atoms with Crippen LogP contribution in [0.15, 0.2) is 45.9 Å². The van der Waals surface area contributed by atoms with E-state index >= 15 is 0 Å². The molecule has 0 spiro atoms. The highest BCUT2D eigenvalue weighted by Crippen LogP contribution is 2.31. The molecule has 0 fully saturated rings. The van der Waals surface area contributed by atoms with Crippen LogP contribution >= 0.6 is 0 Å². The molecule has 32 heavy (non-hydrogen) atoms. The molecule has 1 atom stereocenters. The summed E-state index contributed by atoms with van der Waals surface area (Å²) >= 11 is 0. The molecule has 0 unspecified atom stereocenters. The predicted octanol–water partition coefficient (Wildman–Crippen LogP) is 4.33. The maximum atomic E-state index is 13.2. The van der Waals surface area contributed by atoms with Crippen molar-refractivity contribution in [2.24, 2.45) is 5.92 Å². The summed E-state index contributed by atoms with van der Waals surface area (Å²) in [6.45, 7) is 6.87. The number of benzene rings is 1. The summed E-state index contributed by atoms with van der Waals surface area (Å²) in [5, 5.41) is 0.559. The minimum atomic E-state index is -0.109. The van der Waals surface area contributed by atoms with Gasteiger partial charge in [-0.1, -0.05) is 19.1 Å². The van der Waals surface area contributed by atoms with E-state index in [0.29, 0.717) is 40.9 Å². The van der Waals surface area contributed by atoms with Crippen molar-refractivity contribution in [1.82, 2.24) is 19.5 Å². The lowest BCUT2D eigenvalue weighted by molar-refractivity contribution is 0.340. The highest BCUT2D eigenvalue weighted by Gasteiger charge is 2.20. The van der Waals surface area contributed by atoms with E-state index in [1.54, 1.807) is 10.9 Å². The van der Waals surface area contributed by atoms with Crippen LogP contribution in [-0.4, -0.2) is 26.1 Å². The van der Waals surface area contributed by atoms with Gasteiger partial charge in [-0.2, -0.15) is 0 Å². The predicted molar refractivity (Wildman–Crippen MR) is 122 cm³/mol. The number of nitrogens with zero attached hydrogens (tertiary/aromatic N) is 4. The summed E-state index contributed by atoms with van der Waals surface area (Å²) in [6, 6.07) is 9.63. The zero-order valence-corrected chi connectivity index (χ0v) is 18.6. The molecule has 1 aromatic carbocycles. The molecule has 0 aliphatic heterocycles. The van der Waals surface area contributed by atoms with E-state index in [-0.39, 0.29) is 12.1 Å². The summed E-state index contributed by atoms with van der Waals surface area (Å²) in [4.78, 5) is 27.0. The monoisotopic (exact) mass is 430 g/mol. The molecule has 1 aliphatic carbocycles. The number of rotatable bonds is 5. The quantitative estimate of drug-likeness (QED) is 0.469. The van der Waals surface area contributed by atoms with Crippen LogP contribution < -0.4 is 10.3 Å². The van der Waals surface area contributed by atoms with Gasteiger partial charge in [0.1, 0.15) is 23.5 Å². The molecule has 0 saturated carbocycles. The molecule has 7 nitrogen and oxygen atoms in total. The summed E-state index contributed by atoms with van der Waals surface area (Å²) in [5.74, 6) is 2.47. The first-order valence-electron chi connectivity index (χ1n) is 11.1. The van der Waals surface area contributed by atoms with Crippen LogP contribution in [-0.2, 0) is 19.4 Å². The Morgan fingerprint density at radius 3 is 2.94 bits per heavy atom. The fraction of sp³-hybridized carbons (Fsp3) is 0.360. The number of aromatic nitrogens is 4. The summed E-state index contributed by atoms with van der Waals surface area (Å²) in [6.07, 6.45) is 4.58. The molecule has 0 saturated heterocycles. The molecule has 0 radical (unpaired) electrons. The van der Waals surface area contributed by atoms with Crippen molar-refractivity contribution in [3.63, 3.8) is 0 Å². The van der Waals surface area contributed by atoms with Crippen molar-refractivity contribution in [2.45, 2.75) is 46.6 Å². The van der Waals surface area contributed by atoms with Crippen LogP contribution in [0.2, 0.25) is 0 Å². The topological polar surface area (TPSA) is 83.0 Å². The molecule has 164 valence electrons. The van der Waals surface area contributed by atoms with Crippen LogP contribution in [0.1, 0.15) is 43.0 Å². The van der Waals surface area contributed by atoms with Crippen LogP contribution in [0.5, 0.6) is 5.75 Å². The molecular weight excluding hydrogens is 404 g/mol. The number of para-hydroxylation sites is 1. The first kappa shape index (κ1) is 20.4. The number of ether oxygens (including phenoxy) is 1. The minimum absolute atomic E-state index is 0.109. The number of oxazole rings is 1. The van der Waals surface area contributed by atoms with Gasteiger partial charge in [-0.15, -0.1) is 0 Å². The van der Waals surface area contributed by atoms with Crippen molar-refractivity contribution in [2.75, 3.05) is 6.61 Å². The Morgan fingerprint density at radius 2 is 2.09 bits per heavy atom. The van der Waals surface area contributed by atoms with Gasteiger partial charge < -0.3 is 9.15 Å². The zero-order chi connectivity index (χ0) is 22.2. The SMILES string of the molecule is CCOc1ccccc1-c1nc(Cn2cnc3nc4c(cc3c2=O)C[C@H](C)CC4)c(C)o1. The number of hydrogen-bond donors (Lipinski definition) is 0. The zero-order valence-electron chi connectivity index (χ0n) is 18.6. The number of aryl methyl sites for hydroxylation is 2. The highest BCUT2D eigenvalue weighted by molar-refractivity contribution is 5.74. The summed E-state index contributed by atoms with van der Waals surface area (Å²) in [5.41, 5.74) is 4.13. The Balaban J connectivity index is 1.50. The van der Waals surface area contributed by atoms with Crippen molar-refractivity contribution in [3.8, 4) is 17.2 Å². The Kier molecular flexibility index (Phi) is 5.25. The van der Waals surface area contributed by atoms with E-state index in [2.05, 4.69) is 21.9 Å². The maximum absolute atomic E-state index is 13.2. The third-order valence-corrected chi connectivity index (χ3v) is 6.05. The number of pyridine rings is 1. The van der Waals surface area contributed by atoms with Gasteiger partial charge in [0.25, 0.3) is 5.56 Å². The second-order valence-corrected chi connectivity index (χ2v) is 8.44. The Hall–Kier alpha value is -3.48. The largest absolute Gasteiger partial charge is 0.493 e. The third-order valence-electron chi connectivity index (χ3n) is 6.05. The first-order chi connectivity index (χ1) is 15.5. The van der Waals surface area contributed by atoms with Gasteiger partial charge in [0.2, 0.25) is 5.89 Å². The van der Waals surface area contributed by atoms with Crippen molar-refractivity contribution in [1.29, 1.82) is 0 Å². The fourth-order valence-electron chi connectivity index (χ4n) is 4.31. The molecule has 7 heteroatoms. The third kappa shape index (κ3) is 3.68. The Morgan fingerprint density at radius 1 is 1.25 bits per heavy atom. The fourth-order valence-corrected chi connectivity index (χ4v) is 4.31. The van der Waals surface area contributed by atoms with Crippen LogP contribution in [0.25, 0.3) is 22.5 Å². The van der Waals surface area contributed by atoms with Gasteiger partial charge in [0, 0.05) is 5.69 Å². The van der Waals surface area contributed by atoms with Crippen LogP contribution in [0, 0.1) is 12.8 Å². The van der Waals surface area contributed by atoms with Gasteiger partial charge in [-0.3, -0.25) is 9.36 Å². The second-order valence-electron chi connectivity index (χ2n) is 8.44. The average molecular weight is 431 g/mol. The smallest absolute Gasteiger partial charge is 0.263 e. The Bertz CT molecular complexity index is 1360. The van der Waals surface area contributed by atoms with E-state index in [4.69, 9.17) is 9.15 Å². The number of fused-ring (bicyclic) bond motifs is 2. The second kappa shape index (κ2) is 8.22. The number of hydrogen-bond acceptors (Lipinski definition) is 6. The molecule has 5 rings (SSSR count). The normalized spacial score (nSPS) is 15.7. The average Bonchev–Trinajstić information content (AvgIpc) is 3.15. The van der Waals surface area contributed by atoms with Crippen molar-refractivity contribution < 1.29 is 9.15 Å². The molecule has 0 amide bonds. The van der Waals surface area contributed by atoms with Gasteiger partial charge in [-0.25, -0.2) is 15.0 Å². The molecule has 1 aliphatic rings. The van der Waals surface area contributed by atoms with Crippen LogP contribution in [0.3, 0.4) is 0 Å². The van der Waals surface area contributed by atoms with Gasteiger partial charge in [-0.05, 0) is 62.8 Å². The lowest BCUT2D eigenvalue weighted by atomic mass is 9.87.